The van der Waals surface area contributed by atoms with Crippen molar-refractivity contribution in [3.63, 3.8) is 0 Å². The van der Waals surface area contributed by atoms with Crippen LogP contribution in [0.2, 0.25) is 0 Å². The van der Waals surface area contributed by atoms with E-state index < -0.39 is 0 Å². The molecule has 0 saturated heterocycles. The molecule has 10 atom stereocenters. The molecule has 5 unspecified atom stereocenters. The molecule has 5 aliphatic carbocycles. The highest BCUT2D eigenvalue weighted by Crippen LogP contribution is 2.77. The van der Waals surface area contributed by atoms with E-state index in [0.717, 1.165) is 64.6 Å². The number of aryl methyl sites for hydroxylation is 1. The second-order valence-electron chi connectivity index (χ2n) is 20.3. The summed E-state index contributed by atoms with van der Waals surface area (Å²) in [7, 11) is 0. The van der Waals surface area contributed by atoms with Crippen molar-refractivity contribution in [3.8, 4) is 0 Å². The van der Waals surface area contributed by atoms with Gasteiger partial charge in [0.25, 0.3) is 0 Å². The number of esters is 2. The summed E-state index contributed by atoms with van der Waals surface area (Å²) in [5.74, 6) is 2.81. The molecule has 5 saturated carbocycles. The zero-order chi connectivity index (χ0) is 38.4. The van der Waals surface area contributed by atoms with Crippen LogP contribution in [-0.4, -0.2) is 48.5 Å². The van der Waals surface area contributed by atoms with E-state index in [1.807, 2.05) is 18.2 Å². The van der Waals surface area contributed by atoms with Crippen molar-refractivity contribution in [2.24, 2.45) is 56.7 Å². The number of fused-ring (bicyclic) bond motifs is 7. The zero-order valence-corrected chi connectivity index (χ0v) is 34.8. The molecule has 1 aliphatic heterocycles. The number of hydrogen-bond donors (Lipinski definition) is 0. The molecule has 1 aromatic heterocycles. The van der Waals surface area contributed by atoms with Gasteiger partial charge in [-0.15, -0.1) is 0 Å². The lowest BCUT2D eigenvalue weighted by molar-refractivity contribution is -0.697. The minimum atomic E-state index is -0.0466. The Hall–Kier alpha value is -2.76. The molecular weight excluding hydrogens is 669 g/mol. The van der Waals surface area contributed by atoms with Crippen molar-refractivity contribution < 1.29 is 28.2 Å². The van der Waals surface area contributed by atoms with E-state index in [2.05, 4.69) is 88.0 Å². The van der Waals surface area contributed by atoms with Crippen LogP contribution >= 0.6 is 0 Å². The second kappa shape index (κ2) is 15.3. The fraction of sp³-hybridized carbons (Fsp3) is 0.750. The summed E-state index contributed by atoms with van der Waals surface area (Å²) in [6.07, 6.45) is 26.1. The number of hydrogen-bond acceptors (Lipinski definition) is 4. The number of allylic oxidation sites excluding steroid dienone is 2. The first kappa shape index (κ1) is 39.5. The van der Waals surface area contributed by atoms with Crippen molar-refractivity contribution >= 4 is 18.2 Å². The number of aromatic nitrogens is 1. The maximum Gasteiger partial charge on any atom is 0.306 e. The average Bonchev–Trinajstić information content (AvgIpc) is 3.53. The Labute approximate surface area is 327 Å². The third-order valence-corrected chi connectivity index (χ3v) is 17.4. The Morgan fingerprint density at radius 2 is 1.56 bits per heavy atom. The fourth-order valence-corrected chi connectivity index (χ4v) is 14.4. The predicted octanol–water partition coefficient (Wildman–Crippen LogP) is 9.69. The Kier molecular flexibility index (Phi) is 11.2. The molecule has 5 fully saturated rings. The Morgan fingerprint density at radius 3 is 2.30 bits per heavy atom. The Morgan fingerprint density at radius 1 is 0.796 bits per heavy atom. The van der Waals surface area contributed by atoms with Gasteiger partial charge in [0.1, 0.15) is 25.7 Å². The van der Waals surface area contributed by atoms with E-state index in [9.17, 15) is 9.59 Å². The summed E-state index contributed by atoms with van der Waals surface area (Å²) in [4.78, 5) is 26.4. The van der Waals surface area contributed by atoms with Gasteiger partial charge in [0.15, 0.2) is 18.6 Å². The highest BCUT2D eigenvalue weighted by Gasteiger charge is 2.71. The van der Waals surface area contributed by atoms with E-state index in [0.29, 0.717) is 49.0 Å². The van der Waals surface area contributed by atoms with Crippen LogP contribution < -0.4 is 4.57 Å². The van der Waals surface area contributed by atoms with Crippen LogP contribution in [0, 0.1) is 56.7 Å². The molecule has 1 aromatic rings. The summed E-state index contributed by atoms with van der Waals surface area (Å²) in [5.41, 5.74) is 2.07. The van der Waals surface area contributed by atoms with Crippen LogP contribution in [0.1, 0.15) is 138 Å². The van der Waals surface area contributed by atoms with Crippen LogP contribution in [0.15, 0.2) is 54.9 Å². The van der Waals surface area contributed by atoms with E-state index in [1.165, 1.54) is 44.1 Å². The molecule has 0 amide bonds. The molecule has 0 N–H and O–H groups in total. The van der Waals surface area contributed by atoms with Gasteiger partial charge in [-0.25, -0.2) is 9.14 Å². The summed E-state index contributed by atoms with van der Waals surface area (Å²) >= 11 is 0. The van der Waals surface area contributed by atoms with E-state index >= 15 is 0 Å². The van der Waals surface area contributed by atoms with E-state index in [4.69, 9.17) is 9.47 Å². The lowest BCUT2D eigenvalue weighted by Crippen LogP contribution is -2.67. The first-order chi connectivity index (χ1) is 25.7. The van der Waals surface area contributed by atoms with Gasteiger partial charge in [0, 0.05) is 42.2 Å². The quantitative estimate of drug-likeness (QED) is 0.122. The third-order valence-electron chi connectivity index (χ3n) is 17.4. The van der Waals surface area contributed by atoms with Gasteiger partial charge in [-0.1, -0.05) is 58.9 Å². The van der Waals surface area contributed by atoms with Crippen molar-refractivity contribution in [2.45, 2.75) is 151 Å². The van der Waals surface area contributed by atoms with Crippen LogP contribution in [0.5, 0.6) is 0 Å². The van der Waals surface area contributed by atoms with E-state index in [-0.39, 0.29) is 45.1 Å². The number of pyridine rings is 1. The largest absolute Gasteiger partial charge is 0.465 e. The lowest BCUT2D eigenvalue weighted by Gasteiger charge is -2.73. The number of rotatable bonds is 12. The van der Waals surface area contributed by atoms with E-state index in [1.54, 1.807) is 0 Å². The van der Waals surface area contributed by atoms with Crippen LogP contribution in [0.3, 0.4) is 0 Å². The summed E-state index contributed by atoms with van der Waals surface area (Å²) < 4.78 is 17.1. The maximum absolute atomic E-state index is 13.2. The van der Waals surface area contributed by atoms with Crippen LogP contribution in [0.4, 0.5) is 0 Å². The van der Waals surface area contributed by atoms with Crippen LogP contribution in [-0.2, 0) is 25.6 Å². The van der Waals surface area contributed by atoms with Gasteiger partial charge in [0.2, 0.25) is 0 Å². The SMILES string of the molecule is C=C(C)C1CC[C@]2(COC(=O)CCC[n+]3ccccc3)CC[C@]3(C)C(CCC4[C@@]5(C)CC[C@H](OC(=O)CCC[N+]6=CC=CCC6)C(C)(C)C5CC[C@]43C)C12. The molecular formula is C48H72N2O4+2. The van der Waals surface area contributed by atoms with Crippen molar-refractivity contribution in [2.75, 3.05) is 19.7 Å². The molecule has 0 spiro atoms. The van der Waals surface area contributed by atoms with Gasteiger partial charge in [0.05, 0.1) is 19.4 Å². The molecule has 296 valence electrons. The molecule has 6 aliphatic rings. The van der Waals surface area contributed by atoms with Gasteiger partial charge in [-0.3, -0.25) is 9.59 Å². The minimum Gasteiger partial charge on any atom is -0.465 e. The standard InChI is InChI=1S/C48H72N2O4/c1-35(2)36-20-25-48(34-53-41(51)16-14-32-49-28-10-8-11-29-49)27-26-46(6)37(43(36)48)18-19-39-45(5)23-22-40(44(3,4)38(45)21-24-47(39,46)7)54-42(52)17-15-33-50-30-12-9-13-31-50/h8-12,28-30,36-40,43H,1,13-27,31-34H2,2-7H3/q+2/t36?,37?,38?,39?,40-,43?,45-,46+,47+,48+/m0/s1. The number of carbonyl (C=O) groups excluding carboxylic acids is 2. The summed E-state index contributed by atoms with van der Waals surface area (Å²) in [6.45, 7) is 23.1. The predicted molar refractivity (Wildman–Crippen MR) is 215 cm³/mol. The normalized spacial score (nSPS) is 39.3. The second-order valence-corrected chi connectivity index (χ2v) is 20.3. The Balaban J connectivity index is 1.03. The van der Waals surface area contributed by atoms with Gasteiger partial charge >= 0.3 is 11.9 Å². The van der Waals surface area contributed by atoms with Crippen molar-refractivity contribution in [3.05, 3.63) is 54.9 Å². The molecule has 6 heteroatoms. The number of ether oxygens (including phenoxy) is 2. The molecule has 7 rings (SSSR count). The topological polar surface area (TPSA) is 59.5 Å². The number of carbonyl (C=O) groups is 2. The van der Waals surface area contributed by atoms with Gasteiger partial charge < -0.3 is 9.47 Å². The highest BCUT2D eigenvalue weighted by atomic mass is 16.5. The van der Waals surface area contributed by atoms with Crippen molar-refractivity contribution in [1.29, 1.82) is 0 Å². The number of nitrogens with zero attached hydrogens (tertiary/aromatic N) is 2. The zero-order valence-electron chi connectivity index (χ0n) is 34.8. The Bertz CT molecular complexity index is 1610. The van der Waals surface area contributed by atoms with Crippen molar-refractivity contribution in [1.82, 2.24) is 0 Å². The molecule has 0 radical (unpaired) electrons. The molecule has 2 heterocycles. The van der Waals surface area contributed by atoms with Crippen LogP contribution in [0.25, 0.3) is 0 Å². The monoisotopic (exact) mass is 741 g/mol. The minimum absolute atomic E-state index is 0.00578. The van der Waals surface area contributed by atoms with Gasteiger partial charge in [-0.05, 0) is 123 Å². The molecule has 0 bridgehead atoms. The van der Waals surface area contributed by atoms with Gasteiger partial charge in [-0.2, -0.15) is 0 Å². The lowest BCUT2D eigenvalue weighted by atomic mass is 9.32. The fourth-order valence-electron chi connectivity index (χ4n) is 14.4. The summed E-state index contributed by atoms with van der Waals surface area (Å²) in [6, 6.07) is 6.10. The average molecular weight is 741 g/mol. The smallest absolute Gasteiger partial charge is 0.306 e. The molecule has 6 nitrogen and oxygen atoms in total. The maximum atomic E-state index is 13.2. The highest BCUT2D eigenvalue weighted by molar-refractivity contribution is 5.70. The first-order valence-corrected chi connectivity index (χ1v) is 21.9. The molecule has 54 heavy (non-hydrogen) atoms. The summed E-state index contributed by atoms with van der Waals surface area (Å²) in [5, 5.41) is 0. The third kappa shape index (κ3) is 6.97. The first-order valence-electron chi connectivity index (χ1n) is 21.9. The molecule has 0 aromatic carbocycles.